The summed E-state index contributed by atoms with van der Waals surface area (Å²) < 4.78 is 10.7. The lowest BCUT2D eigenvalue weighted by Crippen LogP contribution is -3.14. The van der Waals surface area contributed by atoms with Crippen LogP contribution >= 0.6 is 0 Å². The normalized spacial score (nSPS) is 23.0. The van der Waals surface area contributed by atoms with Gasteiger partial charge in [0.1, 0.15) is 13.1 Å². The summed E-state index contributed by atoms with van der Waals surface area (Å²) in [6.45, 7) is 6.38. The summed E-state index contributed by atoms with van der Waals surface area (Å²) in [6.07, 6.45) is 2.91. The molecule has 2 rings (SSSR count). The van der Waals surface area contributed by atoms with Crippen molar-refractivity contribution in [1.82, 2.24) is 10.6 Å². The number of hydrogen-bond donors (Lipinski definition) is 3. The predicted octanol–water partition coefficient (Wildman–Crippen LogP) is -2.30. The maximum absolute atomic E-state index is 11.6. The second-order valence-corrected chi connectivity index (χ2v) is 5.57. The third-order valence-electron chi connectivity index (χ3n) is 3.91. The van der Waals surface area contributed by atoms with Crippen LogP contribution in [0.15, 0.2) is 0 Å². The van der Waals surface area contributed by atoms with Gasteiger partial charge in [0.2, 0.25) is 0 Å². The van der Waals surface area contributed by atoms with Gasteiger partial charge in [-0.1, -0.05) is 0 Å². The Morgan fingerprint density at radius 2 is 1.86 bits per heavy atom. The maximum Gasteiger partial charge on any atom is 0.309 e. The number of rotatable bonds is 6. The molecule has 0 spiro atoms. The zero-order chi connectivity index (χ0) is 14.9. The fraction of sp³-hybridized carbons (Fsp3) is 0.857. The molecular weight excluding hydrogens is 274 g/mol. The van der Waals surface area contributed by atoms with Gasteiger partial charge in [0, 0.05) is 26.1 Å². The smallest absolute Gasteiger partial charge is 0.309 e. The van der Waals surface area contributed by atoms with E-state index in [1.54, 1.807) is 0 Å². The average Bonchev–Trinajstić information content (AvgIpc) is 3.03. The van der Waals surface area contributed by atoms with Gasteiger partial charge in [0.15, 0.2) is 0 Å². The Balaban J connectivity index is 1.50. The molecule has 2 aliphatic heterocycles. The van der Waals surface area contributed by atoms with Crippen LogP contribution in [0.4, 0.5) is 0 Å². The van der Waals surface area contributed by atoms with Crippen molar-refractivity contribution in [3.63, 3.8) is 0 Å². The highest BCUT2D eigenvalue weighted by molar-refractivity contribution is 6.35. The van der Waals surface area contributed by atoms with Crippen LogP contribution in [0.25, 0.3) is 0 Å². The SMILES string of the molecule is O=C(NCCC[NH+]1CCOCC1)C(=O)NC[C@@H]1CCCO1. The van der Waals surface area contributed by atoms with Gasteiger partial charge in [-0.25, -0.2) is 0 Å². The van der Waals surface area contributed by atoms with E-state index in [2.05, 4.69) is 10.6 Å². The maximum atomic E-state index is 11.6. The number of amides is 2. The number of morpholine rings is 1. The molecule has 2 aliphatic rings. The van der Waals surface area contributed by atoms with Crippen LogP contribution in [0, 0.1) is 0 Å². The predicted molar refractivity (Wildman–Crippen MR) is 76.0 cm³/mol. The Labute approximate surface area is 125 Å². The minimum atomic E-state index is -0.566. The van der Waals surface area contributed by atoms with Crippen molar-refractivity contribution >= 4 is 11.8 Å². The first kappa shape index (κ1) is 16.2. The van der Waals surface area contributed by atoms with Crippen LogP contribution in [-0.4, -0.2) is 70.5 Å². The van der Waals surface area contributed by atoms with Crippen molar-refractivity contribution in [1.29, 1.82) is 0 Å². The quantitative estimate of drug-likeness (QED) is 0.381. The van der Waals surface area contributed by atoms with Gasteiger partial charge in [0.25, 0.3) is 0 Å². The number of nitrogens with one attached hydrogen (secondary N) is 3. The van der Waals surface area contributed by atoms with Gasteiger partial charge >= 0.3 is 11.8 Å². The van der Waals surface area contributed by atoms with Gasteiger partial charge in [-0.05, 0) is 12.8 Å². The van der Waals surface area contributed by atoms with Crippen molar-refractivity contribution in [2.75, 3.05) is 52.5 Å². The Kier molecular flexibility index (Phi) is 6.91. The molecule has 3 N–H and O–H groups in total. The van der Waals surface area contributed by atoms with E-state index < -0.39 is 11.8 Å². The molecule has 120 valence electrons. The first-order chi connectivity index (χ1) is 10.3. The molecular formula is C14H26N3O4+. The van der Waals surface area contributed by atoms with Crippen molar-refractivity contribution in [2.45, 2.75) is 25.4 Å². The van der Waals surface area contributed by atoms with E-state index >= 15 is 0 Å². The largest absolute Gasteiger partial charge is 0.376 e. The molecule has 2 heterocycles. The fourth-order valence-electron chi connectivity index (χ4n) is 2.62. The number of quaternary nitrogens is 1. The molecule has 0 bridgehead atoms. The third kappa shape index (κ3) is 5.99. The Hall–Kier alpha value is -1.18. The van der Waals surface area contributed by atoms with E-state index in [0.717, 1.165) is 58.7 Å². The van der Waals surface area contributed by atoms with Gasteiger partial charge in [-0.2, -0.15) is 0 Å². The molecule has 0 saturated carbocycles. The number of carbonyl (C=O) groups is 2. The van der Waals surface area contributed by atoms with Crippen molar-refractivity contribution in [3.05, 3.63) is 0 Å². The second kappa shape index (κ2) is 8.96. The van der Waals surface area contributed by atoms with Gasteiger partial charge in [0.05, 0.1) is 25.9 Å². The molecule has 0 aliphatic carbocycles. The summed E-state index contributed by atoms with van der Waals surface area (Å²) in [4.78, 5) is 24.7. The van der Waals surface area contributed by atoms with E-state index in [1.165, 1.54) is 4.90 Å². The number of hydrogen-bond acceptors (Lipinski definition) is 4. The molecule has 2 amide bonds. The van der Waals surface area contributed by atoms with Gasteiger partial charge < -0.3 is 25.0 Å². The first-order valence-corrected chi connectivity index (χ1v) is 7.84. The molecule has 0 radical (unpaired) electrons. The molecule has 1 atom stereocenters. The van der Waals surface area contributed by atoms with Crippen LogP contribution in [0.2, 0.25) is 0 Å². The van der Waals surface area contributed by atoms with Crippen molar-refractivity contribution < 1.29 is 24.0 Å². The van der Waals surface area contributed by atoms with Crippen molar-refractivity contribution in [2.24, 2.45) is 0 Å². The zero-order valence-electron chi connectivity index (χ0n) is 12.5. The second-order valence-electron chi connectivity index (χ2n) is 5.57. The molecule has 0 aromatic carbocycles. The van der Waals surface area contributed by atoms with Crippen LogP contribution in [0.1, 0.15) is 19.3 Å². The Morgan fingerprint density at radius 1 is 1.10 bits per heavy atom. The van der Waals surface area contributed by atoms with Gasteiger partial charge in [-0.3, -0.25) is 9.59 Å². The minimum absolute atomic E-state index is 0.0617. The molecule has 7 nitrogen and oxygen atoms in total. The molecule has 2 fully saturated rings. The highest BCUT2D eigenvalue weighted by atomic mass is 16.5. The summed E-state index contributed by atoms with van der Waals surface area (Å²) in [6, 6.07) is 0. The summed E-state index contributed by atoms with van der Waals surface area (Å²) in [7, 11) is 0. The number of carbonyl (C=O) groups excluding carboxylic acids is 2. The Morgan fingerprint density at radius 3 is 2.57 bits per heavy atom. The molecule has 21 heavy (non-hydrogen) atoms. The fourth-order valence-corrected chi connectivity index (χ4v) is 2.62. The molecule has 0 unspecified atom stereocenters. The summed E-state index contributed by atoms with van der Waals surface area (Å²) in [5, 5.41) is 5.28. The average molecular weight is 300 g/mol. The standard InChI is InChI=1S/C14H25N3O4/c18-13(14(19)16-11-12-3-1-8-21-12)15-4-2-5-17-6-9-20-10-7-17/h12H,1-11H2,(H,15,18)(H,16,19)/p+1/t12-/m0/s1. The zero-order valence-corrected chi connectivity index (χ0v) is 12.5. The highest BCUT2D eigenvalue weighted by Gasteiger charge is 2.19. The van der Waals surface area contributed by atoms with E-state index in [-0.39, 0.29) is 6.10 Å². The molecule has 0 aromatic rings. The topological polar surface area (TPSA) is 81.1 Å². The van der Waals surface area contributed by atoms with Crippen LogP contribution in [0.3, 0.4) is 0 Å². The minimum Gasteiger partial charge on any atom is -0.376 e. The summed E-state index contributed by atoms with van der Waals surface area (Å²) in [5.74, 6) is -1.12. The van der Waals surface area contributed by atoms with Crippen LogP contribution in [-0.2, 0) is 19.1 Å². The lowest BCUT2D eigenvalue weighted by Gasteiger charge is -2.23. The monoisotopic (exact) mass is 300 g/mol. The van der Waals surface area contributed by atoms with E-state index in [0.29, 0.717) is 13.1 Å². The number of ether oxygens (including phenoxy) is 2. The van der Waals surface area contributed by atoms with Crippen LogP contribution < -0.4 is 15.5 Å². The van der Waals surface area contributed by atoms with Crippen molar-refractivity contribution in [3.8, 4) is 0 Å². The van der Waals surface area contributed by atoms with E-state index in [1.807, 2.05) is 0 Å². The lowest BCUT2D eigenvalue weighted by molar-refractivity contribution is -0.908. The highest BCUT2D eigenvalue weighted by Crippen LogP contribution is 2.10. The van der Waals surface area contributed by atoms with Crippen LogP contribution in [0.5, 0.6) is 0 Å². The summed E-state index contributed by atoms with van der Waals surface area (Å²) in [5.41, 5.74) is 0. The summed E-state index contributed by atoms with van der Waals surface area (Å²) >= 11 is 0. The molecule has 2 saturated heterocycles. The third-order valence-corrected chi connectivity index (χ3v) is 3.91. The van der Waals surface area contributed by atoms with E-state index in [9.17, 15) is 9.59 Å². The first-order valence-electron chi connectivity index (χ1n) is 7.84. The molecule has 7 heteroatoms. The lowest BCUT2D eigenvalue weighted by atomic mass is 10.2. The molecule has 0 aromatic heterocycles. The Bertz CT molecular complexity index is 339. The van der Waals surface area contributed by atoms with Gasteiger partial charge in [-0.15, -0.1) is 0 Å². The van der Waals surface area contributed by atoms with E-state index in [4.69, 9.17) is 9.47 Å².